The van der Waals surface area contributed by atoms with Crippen LogP contribution >= 0.6 is 0 Å². The lowest BCUT2D eigenvalue weighted by molar-refractivity contribution is 0.142. The molecule has 2 aromatic rings. The minimum atomic E-state index is 0.616. The van der Waals surface area contributed by atoms with Crippen LogP contribution in [0.5, 0.6) is 0 Å². The average molecular weight is 285 g/mol. The van der Waals surface area contributed by atoms with E-state index in [-0.39, 0.29) is 0 Å². The molecule has 1 aliphatic carbocycles. The highest BCUT2D eigenvalue weighted by molar-refractivity contribution is 5.78. The third-order valence-corrected chi connectivity index (χ3v) is 5.41. The van der Waals surface area contributed by atoms with Crippen molar-refractivity contribution in [3.63, 3.8) is 0 Å². The molecule has 2 aliphatic rings. The maximum Gasteiger partial charge on any atom is 0.298 e. The SMILES string of the molecule is Nc1ccc2oc(N3CCC4(CCCCC4)CC3)nc2c1. The van der Waals surface area contributed by atoms with E-state index in [4.69, 9.17) is 10.2 Å². The zero-order valence-corrected chi connectivity index (χ0v) is 12.5. The number of aromatic nitrogens is 1. The molecular formula is C17H23N3O. The smallest absolute Gasteiger partial charge is 0.298 e. The summed E-state index contributed by atoms with van der Waals surface area (Å²) in [6, 6.07) is 6.42. The van der Waals surface area contributed by atoms with Gasteiger partial charge in [-0.25, -0.2) is 0 Å². The number of nitrogens with zero attached hydrogens (tertiary/aromatic N) is 2. The highest BCUT2D eigenvalue weighted by Crippen LogP contribution is 2.45. The first-order valence-corrected chi connectivity index (χ1v) is 8.15. The van der Waals surface area contributed by atoms with Gasteiger partial charge in [-0.3, -0.25) is 0 Å². The van der Waals surface area contributed by atoms with Crippen molar-refractivity contribution in [3.05, 3.63) is 18.2 Å². The number of hydrogen-bond acceptors (Lipinski definition) is 4. The highest BCUT2D eigenvalue weighted by Gasteiger charge is 2.36. The second-order valence-electron chi connectivity index (χ2n) is 6.77. The van der Waals surface area contributed by atoms with Crippen LogP contribution in [0.1, 0.15) is 44.9 Å². The quantitative estimate of drug-likeness (QED) is 0.806. The van der Waals surface area contributed by atoms with Gasteiger partial charge < -0.3 is 15.1 Å². The third kappa shape index (κ3) is 2.37. The van der Waals surface area contributed by atoms with Gasteiger partial charge in [0.15, 0.2) is 5.58 Å². The van der Waals surface area contributed by atoms with Crippen LogP contribution in [0.15, 0.2) is 22.6 Å². The molecule has 4 heteroatoms. The lowest BCUT2D eigenvalue weighted by atomic mass is 9.68. The minimum Gasteiger partial charge on any atom is -0.423 e. The molecule has 21 heavy (non-hydrogen) atoms. The molecule has 1 aromatic heterocycles. The molecule has 0 amide bonds. The molecule has 1 saturated heterocycles. The number of anilines is 2. The molecule has 0 atom stereocenters. The zero-order chi connectivity index (χ0) is 14.3. The van der Waals surface area contributed by atoms with E-state index in [1.807, 2.05) is 18.2 Å². The Hall–Kier alpha value is -1.71. The Bertz CT molecular complexity index is 633. The fourth-order valence-corrected chi connectivity index (χ4v) is 4.04. The molecule has 2 fully saturated rings. The van der Waals surface area contributed by atoms with Crippen LogP contribution in [0.2, 0.25) is 0 Å². The van der Waals surface area contributed by atoms with Gasteiger partial charge in [-0.1, -0.05) is 19.3 Å². The van der Waals surface area contributed by atoms with Crippen LogP contribution in [0.3, 0.4) is 0 Å². The third-order valence-electron chi connectivity index (χ3n) is 5.41. The topological polar surface area (TPSA) is 55.3 Å². The van der Waals surface area contributed by atoms with E-state index in [2.05, 4.69) is 9.88 Å². The number of rotatable bonds is 1. The van der Waals surface area contributed by atoms with E-state index in [1.54, 1.807) is 0 Å². The van der Waals surface area contributed by atoms with Crippen molar-refractivity contribution in [2.24, 2.45) is 5.41 Å². The summed E-state index contributed by atoms with van der Waals surface area (Å²) >= 11 is 0. The molecule has 0 unspecified atom stereocenters. The Kier molecular flexibility index (Phi) is 3.05. The maximum absolute atomic E-state index is 5.90. The lowest BCUT2D eigenvalue weighted by Crippen LogP contribution is -2.41. The number of benzene rings is 1. The minimum absolute atomic E-state index is 0.616. The van der Waals surface area contributed by atoms with Crippen LogP contribution in [0.25, 0.3) is 11.1 Å². The number of oxazole rings is 1. The number of nitrogens with two attached hydrogens (primary N) is 1. The van der Waals surface area contributed by atoms with Gasteiger partial charge in [0, 0.05) is 18.8 Å². The van der Waals surface area contributed by atoms with Crippen LogP contribution in [0, 0.1) is 5.41 Å². The fraction of sp³-hybridized carbons (Fsp3) is 0.588. The van der Waals surface area contributed by atoms with Gasteiger partial charge in [0.25, 0.3) is 6.01 Å². The first-order valence-electron chi connectivity index (χ1n) is 8.15. The van der Waals surface area contributed by atoms with Crippen LogP contribution in [-0.2, 0) is 0 Å². The molecule has 4 nitrogen and oxygen atoms in total. The van der Waals surface area contributed by atoms with Crippen molar-refractivity contribution in [1.82, 2.24) is 4.98 Å². The van der Waals surface area contributed by atoms with Crippen LogP contribution in [0.4, 0.5) is 11.7 Å². The summed E-state index contributed by atoms with van der Waals surface area (Å²) in [7, 11) is 0. The molecule has 4 rings (SSSR count). The zero-order valence-electron chi connectivity index (χ0n) is 12.5. The summed E-state index contributed by atoms with van der Waals surface area (Å²) < 4.78 is 5.90. The predicted molar refractivity (Wildman–Crippen MR) is 85.4 cm³/mol. The Labute approximate surface area is 125 Å². The Morgan fingerprint density at radius 1 is 1.05 bits per heavy atom. The first-order chi connectivity index (χ1) is 10.2. The van der Waals surface area contributed by atoms with E-state index in [1.165, 1.54) is 44.9 Å². The number of fused-ring (bicyclic) bond motifs is 1. The molecule has 1 aromatic carbocycles. The van der Waals surface area contributed by atoms with Crippen molar-refractivity contribution < 1.29 is 4.42 Å². The van der Waals surface area contributed by atoms with Gasteiger partial charge in [0.1, 0.15) is 5.52 Å². The Morgan fingerprint density at radius 2 is 1.81 bits per heavy atom. The van der Waals surface area contributed by atoms with Gasteiger partial charge in [0.2, 0.25) is 0 Å². The summed E-state index contributed by atoms with van der Waals surface area (Å²) in [5.74, 6) is 0. The van der Waals surface area contributed by atoms with Gasteiger partial charge in [-0.05, 0) is 49.3 Å². The molecule has 112 valence electrons. The normalized spacial score (nSPS) is 22.0. The molecule has 2 heterocycles. The summed E-state index contributed by atoms with van der Waals surface area (Å²) in [5.41, 5.74) is 8.86. The highest BCUT2D eigenvalue weighted by atomic mass is 16.4. The summed E-state index contributed by atoms with van der Waals surface area (Å²) in [6.07, 6.45) is 9.68. The van der Waals surface area contributed by atoms with E-state index in [0.29, 0.717) is 5.41 Å². The molecule has 1 saturated carbocycles. The van der Waals surface area contributed by atoms with Crippen LogP contribution < -0.4 is 10.6 Å². The van der Waals surface area contributed by atoms with Crippen molar-refractivity contribution in [2.45, 2.75) is 44.9 Å². The summed E-state index contributed by atoms with van der Waals surface area (Å²) in [6.45, 7) is 2.14. The second-order valence-corrected chi connectivity index (χ2v) is 6.77. The first kappa shape index (κ1) is 13.0. The average Bonchev–Trinajstić information content (AvgIpc) is 2.92. The Morgan fingerprint density at radius 3 is 2.57 bits per heavy atom. The van der Waals surface area contributed by atoms with E-state index >= 15 is 0 Å². The van der Waals surface area contributed by atoms with E-state index in [9.17, 15) is 0 Å². The molecule has 1 aliphatic heterocycles. The van der Waals surface area contributed by atoms with Crippen molar-refractivity contribution >= 4 is 22.8 Å². The molecule has 0 radical (unpaired) electrons. The van der Waals surface area contributed by atoms with Crippen molar-refractivity contribution in [3.8, 4) is 0 Å². The van der Waals surface area contributed by atoms with E-state index in [0.717, 1.165) is 35.9 Å². The maximum atomic E-state index is 5.90. The Balaban J connectivity index is 1.51. The molecule has 1 spiro atoms. The van der Waals surface area contributed by atoms with E-state index < -0.39 is 0 Å². The predicted octanol–water partition coefficient (Wildman–Crippen LogP) is 3.96. The number of nitrogen functional groups attached to an aromatic ring is 1. The van der Waals surface area contributed by atoms with Gasteiger partial charge in [-0.2, -0.15) is 4.98 Å². The summed E-state index contributed by atoms with van der Waals surface area (Å²) in [5, 5.41) is 0. The van der Waals surface area contributed by atoms with Crippen molar-refractivity contribution in [2.75, 3.05) is 23.7 Å². The molecule has 2 N–H and O–H groups in total. The monoisotopic (exact) mass is 285 g/mol. The largest absolute Gasteiger partial charge is 0.423 e. The van der Waals surface area contributed by atoms with Crippen LogP contribution in [-0.4, -0.2) is 18.1 Å². The number of hydrogen-bond donors (Lipinski definition) is 1. The second kappa shape index (κ2) is 4.93. The molecule has 0 bridgehead atoms. The summed E-state index contributed by atoms with van der Waals surface area (Å²) in [4.78, 5) is 6.91. The van der Waals surface area contributed by atoms with Gasteiger partial charge in [-0.15, -0.1) is 0 Å². The fourth-order valence-electron chi connectivity index (χ4n) is 4.04. The van der Waals surface area contributed by atoms with Gasteiger partial charge >= 0.3 is 0 Å². The van der Waals surface area contributed by atoms with Crippen molar-refractivity contribution in [1.29, 1.82) is 0 Å². The van der Waals surface area contributed by atoms with Gasteiger partial charge in [0.05, 0.1) is 0 Å². The molecular weight excluding hydrogens is 262 g/mol. The standard InChI is InChI=1S/C17H23N3O/c18-13-4-5-15-14(12-13)19-16(21-15)20-10-8-17(9-11-20)6-2-1-3-7-17/h4-5,12H,1-3,6-11,18H2. The number of piperidine rings is 1. The lowest BCUT2D eigenvalue weighted by Gasteiger charge is -2.43.